The molecule has 0 saturated carbocycles. The van der Waals surface area contributed by atoms with E-state index in [-0.39, 0.29) is 18.4 Å². The number of carbonyl (C=O) groups excluding carboxylic acids is 1. The van der Waals surface area contributed by atoms with Crippen LogP contribution in [0.4, 0.5) is 5.69 Å². The van der Waals surface area contributed by atoms with Crippen molar-refractivity contribution < 1.29 is 14.7 Å². The molecule has 1 aromatic carbocycles. The van der Waals surface area contributed by atoms with Gasteiger partial charge in [0.1, 0.15) is 0 Å². The van der Waals surface area contributed by atoms with Crippen molar-refractivity contribution in [2.24, 2.45) is 5.92 Å². The van der Waals surface area contributed by atoms with Gasteiger partial charge in [-0.15, -0.1) is 0 Å². The number of rotatable bonds is 4. The summed E-state index contributed by atoms with van der Waals surface area (Å²) in [4.78, 5) is 24.5. The summed E-state index contributed by atoms with van der Waals surface area (Å²) in [6.07, 6.45) is 0.617. The predicted molar refractivity (Wildman–Crippen MR) is 80.0 cm³/mol. The number of amides is 1. The largest absolute Gasteiger partial charge is 0.481 e. The summed E-state index contributed by atoms with van der Waals surface area (Å²) in [5, 5.41) is 11.7. The van der Waals surface area contributed by atoms with Gasteiger partial charge in [0, 0.05) is 15.8 Å². The topological polar surface area (TPSA) is 69.6 Å². The molecule has 0 spiro atoms. The number of likely N-dealkylation sites (tertiary alicyclic amines) is 1. The molecule has 19 heavy (non-hydrogen) atoms. The summed E-state index contributed by atoms with van der Waals surface area (Å²) in [6, 6.07) is 7.55. The van der Waals surface area contributed by atoms with E-state index in [0.717, 1.165) is 9.26 Å². The number of anilines is 1. The van der Waals surface area contributed by atoms with Gasteiger partial charge in [0.15, 0.2) is 0 Å². The third kappa shape index (κ3) is 4.17. The maximum atomic E-state index is 11.8. The number of aliphatic carboxylic acids is 1. The molecule has 0 bridgehead atoms. The Balaban J connectivity index is 1.82. The van der Waals surface area contributed by atoms with E-state index < -0.39 is 5.97 Å². The smallest absolute Gasteiger partial charge is 0.307 e. The van der Waals surface area contributed by atoms with Gasteiger partial charge in [-0.25, -0.2) is 0 Å². The molecule has 1 saturated heterocycles. The highest BCUT2D eigenvalue weighted by molar-refractivity contribution is 14.1. The van der Waals surface area contributed by atoms with Crippen LogP contribution in [0.15, 0.2) is 24.3 Å². The minimum atomic E-state index is -0.777. The SMILES string of the molecule is O=C(CN1CCC(C(=O)O)C1)Nc1ccc(I)cc1. The lowest BCUT2D eigenvalue weighted by Gasteiger charge is -2.14. The van der Waals surface area contributed by atoms with Gasteiger partial charge in [0.25, 0.3) is 0 Å². The molecule has 0 radical (unpaired) electrons. The van der Waals surface area contributed by atoms with E-state index in [1.165, 1.54) is 0 Å². The second-order valence-corrected chi connectivity index (χ2v) is 5.86. The van der Waals surface area contributed by atoms with Crippen LogP contribution in [0.5, 0.6) is 0 Å². The third-order valence-electron chi connectivity index (χ3n) is 3.12. The van der Waals surface area contributed by atoms with Gasteiger partial charge in [-0.3, -0.25) is 14.5 Å². The van der Waals surface area contributed by atoms with Crippen molar-refractivity contribution in [2.75, 3.05) is 25.0 Å². The fraction of sp³-hybridized carbons (Fsp3) is 0.385. The van der Waals surface area contributed by atoms with Crippen LogP contribution in [0.1, 0.15) is 6.42 Å². The fourth-order valence-corrected chi connectivity index (χ4v) is 2.47. The van der Waals surface area contributed by atoms with Crippen molar-refractivity contribution in [3.8, 4) is 0 Å². The van der Waals surface area contributed by atoms with Crippen molar-refractivity contribution in [3.63, 3.8) is 0 Å². The molecule has 5 nitrogen and oxygen atoms in total. The second-order valence-electron chi connectivity index (χ2n) is 4.61. The van der Waals surface area contributed by atoms with Crippen molar-refractivity contribution in [1.82, 2.24) is 4.90 Å². The molecule has 1 heterocycles. The first-order valence-corrected chi connectivity index (χ1v) is 7.13. The Labute approximate surface area is 125 Å². The molecule has 1 aromatic rings. The van der Waals surface area contributed by atoms with E-state index in [2.05, 4.69) is 27.9 Å². The zero-order valence-electron chi connectivity index (χ0n) is 10.3. The molecule has 102 valence electrons. The third-order valence-corrected chi connectivity index (χ3v) is 3.84. The van der Waals surface area contributed by atoms with Crippen LogP contribution in [0.2, 0.25) is 0 Å². The molecule has 1 unspecified atom stereocenters. The molecular formula is C13H15IN2O3. The Morgan fingerprint density at radius 3 is 2.63 bits per heavy atom. The molecule has 1 aliphatic rings. The van der Waals surface area contributed by atoms with Gasteiger partial charge < -0.3 is 10.4 Å². The monoisotopic (exact) mass is 374 g/mol. The number of hydrogen-bond acceptors (Lipinski definition) is 3. The molecule has 2 rings (SSSR count). The average Bonchev–Trinajstić information content (AvgIpc) is 2.80. The summed E-state index contributed by atoms with van der Waals surface area (Å²) in [6.45, 7) is 1.36. The highest BCUT2D eigenvalue weighted by Gasteiger charge is 2.28. The summed E-state index contributed by atoms with van der Waals surface area (Å²) in [7, 11) is 0. The van der Waals surface area contributed by atoms with E-state index >= 15 is 0 Å². The Morgan fingerprint density at radius 2 is 2.05 bits per heavy atom. The van der Waals surface area contributed by atoms with Gasteiger partial charge in [-0.2, -0.15) is 0 Å². The minimum Gasteiger partial charge on any atom is -0.481 e. The molecule has 0 aromatic heterocycles. The van der Waals surface area contributed by atoms with E-state index in [0.29, 0.717) is 19.5 Å². The molecule has 2 N–H and O–H groups in total. The molecule has 1 aliphatic heterocycles. The summed E-state index contributed by atoms with van der Waals surface area (Å²) < 4.78 is 1.11. The first kappa shape index (κ1) is 14.3. The minimum absolute atomic E-state index is 0.104. The lowest BCUT2D eigenvalue weighted by Crippen LogP contribution is -2.32. The molecule has 0 aliphatic carbocycles. The van der Waals surface area contributed by atoms with Crippen LogP contribution in [-0.4, -0.2) is 41.5 Å². The standard InChI is InChI=1S/C13H15IN2O3/c14-10-1-3-11(4-2-10)15-12(17)8-16-6-5-9(7-16)13(18)19/h1-4,9H,5-8H2,(H,15,17)(H,18,19). The van der Waals surface area contributed by atoms with Crippen molar-refractivity contribution >= 4 is 40.2 Å². The van der Waals surface area contributed by atoms with E-state index in [1.54, 1.807) is 0 Å². The summed E-state index contributed by atoms with van der Waals surface area (Å²) in [5.74, 6) is -1.22. The number of carboxylic acids is 1. The Hall–Kier alpha value is -1.15. The lowest BCUT2D eigenvalue weighted by molar-refractivity contribution is -0.141. The van der Waals surface area contributed by atoms with Crippen molar-refractivity contribution in [1.29, 1.82) is 0 Å². The number of nitrogens with zero attached hydrogens (tertiary/aromatic N) is 1. The van der Waals surface area contributed by atoms with Crippen LogP contribution in [0.3, 0.4) is 0 Å². The summed E-state index contributed by atoms with van der Waals surface area (Å²) >= 11 is 2.20. The maximum absolute atomic E-state index is 11.8. The molecule has 1 fully saturated rings. The van der Waals surface area contributed by atoms with Crippen molar-refractivity contribution in [3.05, 3.63) is 27.8 Å². The zero-order valence-corrected chi connectivity index (χ0v) is 12.5. The average molecular weight is 374 g/mol. The van der Waals surface area contributed by atoms with Gasteiger partial charge in [-0.1, -0.05) is 0 Å². The van der Waals surface area contributed by atoms with Gasteiger partial charge in [-0.05, 0) is 59.8 Å². The molecule has 1 atom stereocenters. The van der Waals surface area contributed by atoms with Crippen LogP contribution < -0.4 is 5.32 Å². The van der Waals surface area contributed by atoms with E-state index in [1.807, 2.05) is 29.2 Å². The second kappa shape index (κ2) is 6.33. The van der Waals surface area contributed by atoms with Gasteiger partial charge in [0.05, 0.1) is 12.5 Å². The number of carboxylic acid groups (broad SMARTS) is 1. The van der Waals surface area contributed by atoms with Crippen LogP contribution in [-0.2, 0) is 9.59 Å². The number of benzene rings is 1. The fourth-order valence-electron chi connectivity index (χ4n) is 2.11. The van der Waals surface area contributed by atoms with Crippen LogP contribution in [0.25, 0.3) is 0 Å². The number of halogens is 1. The highest BCUT2D eigenvalue weighted by Crippen LogP contribution is 2.16. The Bertz CT molecular complexity index is 475. The van der Waals surface area contributed by atoms with Gasteiger partial charge >= 0.3 is 5.97 Å². The normalized spacial score (nSPS) is 19.3. The predicted octanol–water partition coefficient (Wildman–Crippen LogP) is 1.64. The van der Waals surface area contributed by atoms with Crippen LogP contribution >= 0.6 is 22.6 Å². The lowest BCUT2D eigenvalue weighted by atomic mass is 10.1. The first-order valence-electron chi connectivity index (χ1n) is 6.05. The van der Waals surface area contributed by atoms with E-state index in [4.69, 9.17) is 5.11 Å². The molecule has 6 heteroatoms. The van der Waals surface area contributed by atoms with Crippen molar-refractivity contribution in [2.45, 2.75) is 6.42 Å². The van der Waals surface area contributed by atoms with Crippen LogP contribution in [0, 0.1) is 9.49 Å². The first-order chi connectivity index (χ1) is 9.04. The molecular weight excluding hydrogens is 359 g/mol. The quantitative estimate of drug-likeness (QED) is 0.787. The molecule has 1 amide bonds. The Morgan fingerprint density at radius 1 is 1.37 bits per heavy atom. The number of hydrogen-bond donors (Lipinski definition) is 2. The Kier molecular flexibility index (Phi) is 4.76. The highest BCUT2D eigenvalue weighted by atomic mass is 127. The van der Waals surface area contributed by atoms with Gasteiger partial charge in [0.2, 0.25) is 5.91 Å². The van der Waals surface area contributed by atoms with E-state index in [9.17, 15) is 9.59 Å². The number of nitrogens with one attached hydrogen (secondary N) is 1. The zero-order chi connectivity index (χ0) is 13.8. The maximum Gasteiger partial charge on any atom is 0.307 e. The summed E-state index contributed by atoms with van der Waals surface area (Å²) in [5.41, 5.74) is 0.763. The number of carbonyl (C=O) groups is 2.